The molecular formula is C35H32N4O7S2. The number of nitrogens with one attached hydrogen (secondary N) is 3. The quantitative estimate of drug-likeness (QED) is 0.0481. The minimum atomic E-state index is -0.703. The first-order valence-corrected chi connectivity index (χ1v) is 17.0. The maximum Gasteiger partial charge on any atom is 0.341 e. The molecule has 3 amide bonds. The number of nitrogens with zero attached hydrogens (tertiary/aromatic N) is 1. The van der Waals surface area contributed by atoms with Gasteiger partial charge in [0, 0.05) is 27.1 Å². The number of hydrogen-bond acceptors (Lipinski definition) is 9. The summed E-state index contributed by atoms with van der Waals surface area (Å²) in [7, 11) is 0. The zero-order chi connectivity index (χ0) is 34.0. The lowest BCUT2D eigenvalue weighted by atomic mass is 9.95. The van der Waals surface area contributed by atoms with Crippen LogP contribution in [0.1, 0.15) is 56.5 Å². The predicted molar refractivity (Wildman–Crippen MR) is 186 cm³/mol. The Labute approximate surface area is 284 Å². The first kappa shape index (κ1) is 34.1. The van der Waals surface area contributed by atoms with Gasteiger partial charge in [-0.15, -0.1) is 23.1 Å². The van der Waals surface area contributed by atoms with Gasteiger partial charge >= 0.3 is 5.97 Å². The number of carbonyl (C=O) groups excluding carboxylic acids is 4. The number of nitro benzene ring substituents is 1. The van der Waals surface area contributed by atoms with Crippen LogP contribution < -0.4 is 16.0 Å². The Morgan fingerprint density at radius 2 is 1.71 bits per heavy atom. The van der Waals surface area contributed by atoms with Crippen LogP contribution in [0, 0.1) is 10.1 Å². The maximum atomic E-state index is 13.5. The van der Waals surface area contributed by atoms with Gasteiger partial charge in [-0.3, -0.25) is 24.5 Å². The second-order valence-electron chi connectivity index (χ2n) is 10.6. The Kier molecular flexibility index (Phi) is 11.4. The number of fused-ring (bicyclic) bond motifs is 1. The number of nitro groups is 1. The average molecular weight is 685 g/mol. The Morgan fingerprint density at radius 1 is 0.958 bits per heavy atom. The van der Waals surface area contributed by atoms with Crippen molar-refractivity contribution in [3.05, 3.63) is 122 Å². The van der Waals surface area contributed by atoms with E-state index in [1.807, 2.05) is 0 Å². The summed E-state index contributed by atoms with van der Waals surface area (Å²) < 4.78 is 5.28. The molecule has 0 atom stereocenters. The molecule has 0 saturated heterocycles. The molecule has 0 fully saturated rings. The molecule has 5 rings (SSSR count). The molecule has 3 aromatic carbocycles. The molecule has 4 aromatic rings. The highest BCUT2D eigenvalue weighted by Crippen LogP contribution is 2.39. The van der Waals surface area contributed by atoms with Gasteiger partial charge in [0.2, 0.25) is 5.91 Å². The third kappa shape index (κ3) is 8.55. The largest absolute Gasteiger partial charge is 0.462 e. The number of amides is 3. The molecule has 246 valence electrons. The van der Waals surface area contributed by atoms with Gasteiger partial charge < -0.3 is 20.7 Å². The van der Waals surface area contributed by atoms with E-state index in [0.29, 0.717) is 26.7 Å². The standard InChI is InChI=1S/C35H32N4O7S2/c1-2-46-35(43)31-26-16-7-9-18-29(26)48-34(31)38-30(40)21-47-25-15-10-14-24(20-25)36-33(42)27(37-32(41)22-11-4-3-5-12-22)19-23-13-6-8-17-28(23)39(44)45/h3-6,8,10-15,17,19-20H,2,7,9,16,18,21H2,1H3,(H,36,42)(H,37,41)(H,38,40)/b27-19+. The monoisotopic (exact) mass is 684 g/mol. The number of hydrogen-bond donors (Lipinski definition) is 3. The van der Waals surface area contributed by atoms with E-state index >= 15 is 0 Å². The smallest absolute Gasteiger partial charge is 0.341 e. The van der Waals surface area contributed by atoms with Gasteiger partial charge in [-0.05, 0) is 80.6 Å². The molecule has 0 spiro atoms. The number of esters is 1. The van der Waals surface area contributed by atoms with Crippen LogP contribution in [0.5, 0.6) is 0 Å². The van der Waals surface area contributed by atoms with Gasteiger partial charge in [-0.25, -0.2) is 4.79 Å². The van der Waals surface area contributed by atoms with Crippen molar-refractivity contribution < 1.29 is 28.8 Å². The second kappa shape index (κ2) is 16.0. The summed E-state index contributed by atoms with van der Waals surface area (Å²) in [5, 5.41) is 20.3. The SMILES string of the molecule is CCOC(=O)c1c(NC(=O)CSc2cccc(NC(=O)/C(=C\c3ccccc3[N+](=O)[O-])NC(=O)c3ccccc3)c2)sc2c1CCCC2. The van der Waals surface area contributed by atoms with Crippen molar-refractivity contribution in [1.29, 1.82) is 0 Å². The van der Waals surface area contributed by atoms with Crippen molar-refractivity contribution in [2.45, 2.75) is 37.5 Å². The van der Waals surface area contributed by atoms with Crippen LogP contribution >= 0.6 is 23.1 Å². The summed E-state index contributed by atoms with van der Waals surface area (Å²) in [5.41, 5.74) is 1.79. The van der Waals surface area contributed by atoms with E-state index in [1.54, 1.807) is 67.6 Å². The fourth-order valence-corrected chi connectivity index (χ4v) is 7.17. The zero-order valence-electron chi connectivity index (χ0n) is 25.9. The van der Waals surface area contributed by atoms with Gasteiger partial charge in [0.05, 0.1) is 28.4 Å². The summed E-state index contributed by atoms with van der Waals surface area (Å²) >= 11 is 2.66. The fraction of sp³-hybridized carbons (Fsp3) is 0.200. The minimum Gasteiger partial charge on any atom is -0.462 e. The van der Waals surface area contributed by atoms with Crippen LogP contribution in [0.4, 0.5) is 16.4 Å². The van der Waals surface area contributed by atoms with E-state index in [0.717, 1.165) is 36.1 Å². The highest BCUT2D eigenvalue weighted by Gasteiger charge is 2.27. The van der Waals surface area contributed by atoms with Crippen LogP contribution in [-0.4, -0.2) is 41.0 Å². The number of rotatable bonds is 12. The number of thioether (sulfide) groups is 1. The van der Waals surface area contributed by atoms with Gasteiger partial charge in [-0.2, -0.15) is 0 Å². The number of para-hydroxylation sites is 1. The third-order valence-corrected chi connectivity index (χ3v) is 9.53. The van der Waals surface area contributed by atoms with Crippen LogP contribution in [0.3, 0.4) is 0 Å². The van der Waals surface area contributed by atoms with Crippen molar-refractivity contribution in [1.82, 2.24) is 5.32 Å². The summed E-state index contributed by atoms with van der Waals surface area (Å²) in [5.74, 6) is -1.96. The Morgan fingerprint density at radius 3 is 2.48 bits per heavy atom. The van der Waals surface area contributed by atoms with E-state index in [2.05, 4.69) is 16.0 Å². The number of benzene rings is 3. The highest BCUT2D eigenvalue weighted by molar-refractivity contribution is 8.00. The molecule has 48 heavy (non-hydrogen) atoms. The first-order valence-electron chi connectivity index (χ1n) is 15.2. The van der Waals surface area contributed by atoms with E-state index < -0.39 is 22.7 Å². The molecule has 0 radical (unpaired) electrons. The van der Waals surface area contributed by atoms with E-state index in [-0.39, 0.29) is 35.2 Å². The topological polar surface area (TPSA) is 157 Å². The van der Waals surface area contributed by atoms with Crippen LogP contribution in [0.25, 0.3) is 6.08 Å². The molecule has 11 nitrogen and oxygen atoms in total. The van der Waals surface area contributed by atoms with E-state index in [9.17, 15) is 29.3 Å². The maximum absolute atomic E-state index is 13.5. The lowest BCUT2D eigenvalue weighted by molar-refractivity contribution is -0.385. The normalized spacial score (nSPS) is 12.4. The number of thiophene rings is 1. The van der Waals surface area contributed by atoms with E-state index in [4.69, 9.17) is 4.74 Å². The Hall–Kier alpha value is -5.27. The summed E-state index contributed by atoms with van der Waals surface area (Å²) in [6.07, 6.45) is 4.91. The summed E-state index contributed by atoms with van der Waals surface area (Å²) in [6.45, 7) is 1.98. The molecular weight excluding hydrogens is 653 g/mol. The number of carbonyl (C=O) groups is 4. The predicted octanol–water partition coefficient (Wildman–Crippen LogP) is 6.85. The molecule has 1 heterocycles. The lowest BCUT2D eigenvalue weighted by Gasteiger charge is -2.13. The second-order valence-corrected chi connectivity index (χ2v) is 12.8. The highest BCUT2D eigenvalue weighted by atomic mass is 32.2. The molecule has 13 heteroatoms. The van der Waals surface area contributed by atoms with Crippen LogP contribution in [0.2, 0.25) is 0 Å². The third-order valence-electron chi connectivity index (χ3n) is 7.33. The molecule has 1 aromatic heterocycles. The number of anilines is 2. The Bertz CT molecular complexity index is 1890. The van der Waals surface area contributed by atoms with Crippen LogP contribution in [0.15, 0.2) is 89.5 Å². The van der Waals surface area contributed by atoms with Gasteiger partial charge in [0.15, 0.2) is 0 Å². The van der Waals surface area contributed by atoms with Gasteiger partial charge in [0.25, 0.3) is 17.5 Å². The fourth-order valence-electron chi connectivity index (χ4n) is 5.12. The average Bonchev–Trinajstić information content (AvgIpc) is 3.45. The van der Waals surface area contributed by atoms with Gasteiger partial charge in [-0.1, -0.05) is 36.4 Å². The molecule has 1 aliphatic rings. The Balaban J connectivity index is 1.29. The lowest BCUT2D eigenvalue weighted by Crippen LogP contribution is -2.30. The summed E-state index contributed by atoms with van der Waals surface area (Å²) in [4.78, 5) is 65.0. The van der Waals surface area contributed by atoms with Gasteiger partial charge in [0.1, 0.15) is 10.7 Å². The molecule has 1 aliphatic carbocycles. The summed E-state index contributed by atoms with van der Waals surface area (Å²) in [6, 6.07) is 20.9. The number of aryl methyl sites for hydroxylation is 1. The molecule has 0 aliphatic heterocycles. The zero-order valence-corrected chi connectivity index (χ0v) is 27.6. The molecule has 3 N–H and O–H groups in total. The first-order chi connectivity index (χ1) is 23.2. The van der Waals surface area contributed by atoms with Crippen molar-refractivity contribution in [2.24, 2.45) is 0 Å². The molecule has 0 saturated carbocycles. The molecule has 0 bridgehead atoms. The van der Waals surface area contributed by atoms with Crippen LogP contribution in [-0.2, 0) is 27.2 Å². The van der Waals surface area contributed by atoms with Crippen molar-refractivity contribution >= 4 is 69.2 Å². The van der Waals surface area contributed by atoms with E-state index in [1.165, 1.54) is 47.4 Å². The van der Waals surface area contributed by atoms with Crippen molar-refractivity contribution in [3.63, 3.8) is 0 Å². The minimum absolute atomic E-state index is 0.0399. The van der Waals surface area contributed by atoms with Crippen molar-refractivity contribution in [3.8, 4) is 0 Å². The van der Waals surface area contributed by atoms with Crippen molar-refractivity contribution in [2.75, 3.05) is 23.0 Å². The number of ether oxygens (including phenoxy) is 1. The molecule has 0 unspecified atom stereocenters.